The monoisotopic (exact) mass is 283 g/mol. The van der Waals surface area contributed by atoms with Crippen LogP contribution >= 0.6 is 10.7 Å². The molecule has 0 spiro atoms. The van der Waals surface area contributed by atoms with Gasteiger partial charge in [0.25, 0.3) is 15.0 Å². The van der Waals surface area contributed by atoms with Crippen LogP contribution in [0.2, 0.25) is 0 Å². The highest BCUT2D eigenvalue weighted by molar-refractivity contribution is 8.13. The number of rotatable bonds is 2. The molecule has 0 aliphatic carbocycles. The van der Waals surface area contributed by atoms with Gasteiger partial charge >= 0.3 is 0 Å². The second-order valence-corrected chi connectivity index (χ2v) is 6.50. The standard InChI is InChI=1S/C12H10ClNO3S/c1-2-6-14-7-5-9-3-4-10(18(13,16)17)8-11(9)12(14)15/h1,3-4,8H,5-7H2. The Morgan fingerprint density at radius 3 is 2.78 bits per heavy atom. The van der Waals surface area contributed by atoms with Gasteiger partial charge in [0, 0.05) is 22.8 Å². The summed E-state index contributed by atoms with van der Waals surface area (Å²) >= 11 is 0. The van der Waals surface area contributed by atoms with Gasteiger partial charge in [-0.05, 0) is 24.1 Å². The van der Waals surface area contributed by atoms with Gasteiger partial charge in [-0.15, -0.1) is 6.42 Å². The normalized spacial score (nSPS) is 15.1. The van der Waals surface area contributed by atoms with Gasteiger partial charge in [0.2, 0.25) is 0 Å². The number of terminal acetylenes is 1. The Balaban J connectivity index is 2.47. The maximum Gasteiger partial charge on any atom is 0.261 e. The molecule has 0 fully saturated rings. The van der Waals surface area contributed by atoms with E-state index in [-0.39, 0.29) is 17.3 Å². The van der Waals surface area contributed by atoms with Crippen molar-refractivity contribution in [2.75, 3.05) is 13.1 Å². The summed E-state index contributed by atoms with van der Waals surface area (Å²) in [5, 5.41) is 0. The maximum atomic E-state index is 12.1. The number of hydrogen-bond donors (Lipinski definition) is 0. The van der Waals surface area contributed by atoms with Gasteiger partial charge < -0.3 is 4.90 Å². The van der Waals surface area contributed by atoms with E-state index in [2.05, 4.69) is 5.92 Å². The van der Waals surface area contributed by atoms with Crippen LogP contribution in [0.1, 0.15) is 15.9 Å². The third kappa shape index (κ3) is 2.35. The summed E-state index contributed by atoms with van der Waals surface area (Å²) in [4.78, 5) is 13.5. The number of carbonyl (C=O) groups excluding carboxylic acids is 1. The Morgan fingerprint density at radius 1 is 1.44 bits per heavy atom. The van der Waals surface area contributed by atoms with Crippen molar-refractivity contribution in [2.24, 2.45) is 0 Å². The van der Waals surface area contributed by atoms with Crippen LogP contribution in [0.3, 0.4) is 0 Å². The lowest BCUT2D eigenvalue weighted by molar-refractivity contribution is 0.0761. The summed E-state index contributed by atoms with van der Waals surface area (Å²) in [6.07, 6.45) is 5.84. The van der Waals surface area contributed by atoms with Gasteiger partial charge in [0.05, 0.1) is 11.4 Å². The lowest BCUT2D eigenvalue weighted by Gasteiger charge is -2.27. The highest BCUT2D eigenvalue weighted by Crippen LogP contribution is 2.24. The minimum absolute atomic E-state index is 0.0705. The number of carbonyl (C=O) groups is 1. The van der Waals surface area contributed by atoms with Crippen molar-refractivity contribution in [2.45, 2.75) is 11.3 Å². The molecule has 0 unspecified atom stereocenters. The van der Waals surface area contributed by atoms with Crippen molar-refractivity contribution >= 4 is 25.6 Å². The topological polar surface area (TPSA) is 54.5 Å². The fourth-order valence-electron chi connectivity index (χ4n) is 1.91. The molecule has 6 heteroatoms. The third-order valence-corrected chi connectivity index (χ3v) is 4.17. The highest BCUT2D eigenvalue weighted by Gasteiger charge is 2.25. The van der Waals surface area contributed by atoms with E-state index < -0.39 is 9.05 Å². The van der Waals surface area contributed by atoms with E-state index in [1.165, 1.54) is 17.0 Å². The van der Waals surface area contributed by atoms with E-state index in [0.717, 1.165) is 5.56 Å². The smallest absolute Gasteiger partial charge is 0.261 e. The number of amides is 1. The molecule has 0 aromatic heterocycles. The quantitative estimate of drug-likeness (QED) is 0.606. The highest BCUT2D eigenvalue weighted by atomic mass is 35.7. The molecule has 1 aliphatic heterocycles. The van der Waals surface area contributed by atoms with E-state index >= 15 is 0 Å². The number of nitrogens with zero attached hydrogens (tertiary/aromatic N) is 1. The van der Waals surface area contributed by atoms with Crippen molar-refractivity contribution < 1.29 is 13.2 Å². The zero-order valence-electron chi connectivity index (χ0n) is 9.39. The Kier molecular flexibility index (Phi) is 3.33. The van der Waals surface area contributed by atoms with Crippen LogP contribution in [0.15, 0.2) is 23.1 Å². The predicted octanol–water partition coefficient (Wildman–Crippen LogP) is 1.25. The van der Waals surface area contributed by atoms with Crippen molar-refractivity contribution in [1.29, 1.82) is 0 Å². The Bertz CT molecular complexity index is 646. The van der Waals surface area contributed by atoms with Gasteiger partial charge in [0.15, 0.2) is 0 Å². The van der Waals surface area contributed by atoms with Crippen molar-refractivity contribution in [3.8, 4) is 12.3 Å². The lowest BCUT2D eigenvalue weighted by atomic mass is 9.99. The molecule has 1 aliphatic rings. The molecule has 0 bridgehead atoms. The molecule has 1 aromatic carbocycles. The van der Waals surface area contributed by atoms with Crippen LogP contribution in [0.4, 0.5) is 0 Å². The molecule has 1 amide bonds. The van der Waals surface area contributed by atoms with Gasteiger partial charge in [-0.2, -0.15) is 0 Å². The Labute approximate surface area is 110 Å². The van der Waals surface area contributed by atoms with Gasteiger partial charge in [0.1, 0.15) is 0 Å². The molecule has 94 valence electrons. The Morgan fingerprint density at radius 2 is 2.17 bits per heavy atom. The van der Waals surface area contributed by atoms with Crippen LogP contribution in [0.5, 0.6) is 0 Å². The van der Waals surface area contributed by atoms with Crippen molar-refractivity contribution in [1.82, 2.24) is 4.90 Å². The summed E-state index contributed by atoms with van der Waals surface area (Å²) in [5.41, 5.74) is 1.18. The molecule has 0 saturated heterocycles. The molecule has 18 heavy (non-hydrogen) atoms. The minimum Gasteiger partial charge on any atom is -0.327 e. The first-order chi connectivity index (χ1) is 8.43. The second-order valence-electron chi connectivity index (χ2n) is 3.94. The summed E-state index contributed by atoms with van der Waals surface area (Å²) in [5.74, 6) is 2.15. The summed E-state index contributed by atoms with van der Waals surface area (Å²) < 4.78 is 22.5. The van der Waals surface area contributed by atoms with Crippen molar-refractivity contribution in [3.63, 3.8) is 0 Å². The Hall–Kier alpha value is -1.51. The zero-order chi connectivity index (χ0) is 13.3. The third-order valence-electron chi connectivity index (χ3n) is 2.81. The van der Waals surface area contributed by atoms with E-state index in [1.54, 1.807) is 6.07 Å². The molecule has 2 rings (SSSR count). The largest absolute Gasteiger partial charge is 0.327 e. The average molecular weight is 284 g/mol. The summed E-state index contributed by atoms with van der Waals surface area (Å²) in [6, 6.07) is 4.34. The van der Waals surface area contributed by atoms with Crippen molar-refractivity contribution in [3.05, 3.63) is 29.3 Å². The second kappa shape index (κ2) is 4.63. The minimum atomic E-state index is -3.83. The lowest BCUT2D eigenvalue weighted by Crippen LogP contribution is -2.37. The molecule has 0 N–H and O–H groups in total. The van der Waals surface area contributed by atoms with Gasteiger partial charge in [-0.1, -0.05) is 12.0 Å². The van der Waals surface area contributed by atoms with Crippen LogP contribution in [0, 0.1) is 12.3 Å². The molecule has 1 aromatic rings. The molecule has 0 atom stereocenters. The molecule has 0 radical (unpaired) electrons. The molecular weight excluding hydrogens is 274 g/mol. The predicted molar refractivity (Wildman–Crippen MR) is 67.9 cm³/mol. The van der Waals surface area contributed by atoms with E-state index in [4.69, 9.17) is 17.1 Å². The van der Waals surface area contributed by atoms with Crippen LogP contribution in [-0.4, -0.2) is 32.3 Å². The average Bonchev–Trinajstić information content (AvgIpc) is 2.31. The van der Waals surface area contributed by atoms with Gasteiger partial charge in [-0.25, -0.2) is 8.42 Å². The van der Waals surface area contributed by atoms with Crippen LogP contribution in [-0.2, 0) is 15.5 Å². The number of benzene rings is 1. The molecule has 1 heterocycles. The fraction of sp³-hybridized carbons (Fsp3) is 0.250. The molecular formula is C12H10ClNO3S. The van der Waals surface area contributed by atoms with Crippen LogP contribution in [0.25, 0.3) is 0 Å². The first-order valence-corrected chi connectivity index (χ1v) is 7.55. The van der Waals surface area contributed by atoms with E-state index in [9.17, 15) is 13.2 Å². The first-order valence-electron chi connectivity index (χ1n) is 5.24. The van der Waals surface area contributed by atoms with Crippen LogP contribution < -0.4 is 0 Å². The van der Waals surface area contributed by atoms with E-state index in [1.807, 2.05) is 0 Å². The first kappa shape index (κ1) is 12.9. The van der Waals surface area contributed by atoms with Gasteiger partial charge in [-0.3, -0.25) is 4.79 Å². The van der Waals surface area contributed by atoms with E-state index in [0.29, 0.717) is 18.5 Å². The molecule has 0 saturated carbocycles. The summed E-state index contributed by atoms with van der Waals surface area (Å²) in [6.45, 7) is 0.763. The zero-order valence-corrected chi connectivity index (χ0v) is 11.0. The number of halogens is 1. The fourth-order valence-corrected chi connectivity index (χ4v) is 2.69. The SMILES string of the molecule is C#CCN1CCc2ccc(S(=O)(=O)Cl)cc2C1=O. The molecule has 4 nitrogen and oxygen atoms in total. The number of hydrogen-bond acceptors (Lipinski definition) is 3. The summed E-state index contributed by atoms with van der Waals surface area (Å²) in [7, 11) is 1.43. The maximum absolute atomic E-state index is 12.1. The number of fused-ring (bicyclic) bond motifs is 1.